The highest BCUT2D eigenvalue weighted by Gasteiger charge is 2.34. The molecule has 9 nitrogen and oxygen atoms in total. The summed E-state index contributed by atoms with van der Waals surface area (Å²) in [5.74, 6) is -0.0543. The molecule has 31 heavy (non-hydrogen) atoms. The predicted octanol–water partition coefficient (Wildman–Crippen LogP) is 3.21. The Kier molecular flexibility index (Phi) is 6.24. The number of aromatic amines is 1. The molecule has 1 aliphatic heterocycles. The number of nitrogens with one attached hydrogen (secondary N) is 2. The molecule has 0 aliphatic carbocycles. The lowest BCUT2D eigenvalue weighted by atomic mass is 9.97. The fourth-order valence-corrected chi connectivity index (χ4v) is 5.92. The molecule has 3 heterocycles. The Hall–Kier alpha value is -2.53. The van der Waals surface area contributed by atoms with E-state index in [1.807, 2.05) is 6.07 Å². The van der Waals surface area contributed by atoms with Gasteiger partial charge in [0.2, 0.25) is 21.9 Å². The van der Waals surface area contributed by atoms with E-state index in [1.54, 1.807) is 24.4 Å². The molecule has 0 unspecified atom stereocenters. The SMILES string of the molecule is O=C(Nc1n[nH]c(-c2ccccn2)n1)C1CCN(S(=O)(=O)c2c(Cl)cccc2Cl)CC1. The molecule has 4 rings (SSSR count). The van der Waals surface area contributed by atoms with Gasteiger partial charge < -0.3 is 0 Å². The van der Waals surface area contributed by atoms with Crippen LogP contribution in [-0.2, 0) is 14.8 Å². The highest BCUT2D eigenvalue weighted by atomic mass is 35.5. The molecule has 12 heteroatoms. The van der Waals surface area contributed by atoms with Crippen molar-refractivity contribution in [3.8, 4) is 11.5 Å². The Morgan fingerprint density at radius 2 is 1.81 bits per heavy atom. The van der Waals surface area contributed by atoms with Gasteiger partial charge in [-0.3, -0.25) is 20.2 Å². The number of nitrogens with zero attached hydrogens (tertiary/aromatic N) is 4. The van der Waals surface area contributed by atoms with Gasteiger partial charge in [-0.1, -0.05) is 35.3 Å². The number of sulfonamides is 1. The van der Waals surface area contributed by atoms with Crippen LogP contribution in [0.15, 0.2) is 47.5 Å². The predicted molar refractivity (Wildman–Crippen MR) is 116 cm³/mol. The van der Waals surface area contributed by atoms with Crippen LogP contribution in [-0.4, -0.2) is 51.9 Å². The minimum Gasteiger partial charge on any atom is -0.293 e. The number of aromatic nitrogens is 4. The summed E-state index contributed by atoms with van der Waals surface area (Å²) in [6, 6.07) is 9.93. The monoisotopic (exact) mass is 480 g/mol. The molecule has 1 fully saturated rings. The zero-order valence-electron chi connectivity index (χ0n) is 16.1. The molecule has 0 radical (unpaired) electrons. The minimum absolute atomic E-state index is 0.0701. The van der Waals surface area contributed by atoms with E-state index in [-0.39, 0.29) is 45.8 Å². The van der Waals surface area contributed by atoms with E-state index in [4.69, 9.17) is 23.2 Å². The Morgan fingerprint density at radius 1 is 1.10 bits per heavy atom. The first-order chi connectivity index (χ1) is 14.9. The zero-order chi connectivity index (χ0) is 22.0. The van der Waals surface area contributed by atoms with Crippen LogP contribution < -0.4 is 5.32 Å². The van der Waals surface area contributed by atoms with Crippen molar-refractivity contribution in [3.05, 3.63) is 52.6 Å². The van der Waals surface area contributed by atoms with Gasteiger partial charge in [-0.15, -0.1) is 5.10 Å². The summed E-state index contributed by atoms with van der Waals surface area (Å²) in [6.07, 6.45) is 2.34. The first-order valence-electron chi connectivity index (χ1n) is 9.45. The van der Waals surface area contributed by atoms with Gasteiger partial charge >= 0.3 is 0 Å². The topological polar surface area (TPSA) is 121 Å². The normalized spacial score (nSPS) is 15.7. The van der Waals surface area contributed by atoms with Gasteiger partial charge in [0.25, 0.3) is 0 Å². The second-order valence-electron chi connectivity index (χ2n) is 6.94. The van der Waals surface area contributed by atoms with Crippen molar-refractivity contribution in [1.29, 1.82) is 0 Å². The van der Waals surface area contributed by atoms with Gasteiger partial charge in [-0.2, -0.15) is 9.29 Å². The summed E-state index contributed by atoms with van der Waals surface area (Å²) < 4.78 is 27.2. The van der Waals surface area contributed by atoms with Crippen molar-refractivity contribution in [2.75, 3.05) is 18.4 Å². The van der Waals surface area contributed by atoms with Crippen molar-refractivity contribution in [3.63, 3.8) is 0 Å². The zero-order valence-corrected chi connectivity index (χ0v) is 18.5. The number of carbonyl (C=O) groups excluding carboxylic acids is 1. The van der Waals surface area contributed by atoms with Crippen LogP contribution in [0.5, 0.6) is 0 Å². The van der Waals surface area contributed by atoms with E-state index in [9.17, 15) is 13.2 Å². The van der Waals surface area contributed by atoms with Gasteiger partial charge in [-0.25, -0.2) is 8.42 Å². The second-order valence-corrected chi connectivity index (χ2v) is 9.63. The number of pyridine rings is 1. The van der Waals surface area contributed by atoms with Gasteiger partial charge in [0.15, 0.2) is 5.82 Å². The Morgan fingerprint density at radius 3 is 2.45 bits per heavy atom. The number of benzene rings is 1. The van der Waals surface area contributed by atoms with Gasteiger partial charge in [0.1, 0.15) is 10.6 Å². The summed E-state index contributed by atoms with van der Waals surface area (Å²) in [5.41, 5.74) is 0.604. The molecule has 0 saturated carbocycles. The number of piperidine rings is 1. The maximum atomic E-state index is 13.0. The third-order valence-corrected chi connectivity index (χ3v) is 7.82. The molecule has 1 saturated heterocycles. The third-order valence-electron chi connectivity index (χ3n) is 4.97. The Balaban J connectivity index is 1.39. The van der Waals surface area contributed by atoms with Crippen molar-refractivity contribution in [2.24, 2.45) is 5.92 Å². The summed E-state index contributed by atoms with van der Waals surface area (Å²) >= 11 is 12.1. The smallest absolute Gasteiger partial charge is 0.249 e. The fraction of sp³-hybridized carbons (Fsp3) is 0.263. The van der Waals surface area contributed by atoms with E-state index >= 15 is 0 Å². The molecule has 2 N–H and O–H groups in total. The number of amides is 1. The lowest BCUT2D eigenvalue weighted by molar-refractivity contribution is -0.121. The van der Waals surface area contributed by atoms with E-state index < -0.39 is 10.0 Å². The van der Waals surface area contributed by atoms with Gasteiger partial charge in [0.05, 0.1) is 10.0 Å². The minimum atomic E-state index is -3.86. The average Bonchev–Trinajstić information content (AvgIpc) is 3.22. The third kappa shape index (κ3) is 4.57. The number of anilines is 1. The van der Waals surface area contributed by atoms with Crippen LogP contribution in [0.25, 0.3) is 11.5 Å². The fourth-order valence-electron chi connectivity index (χ4n) is 3.36. The first kappa shape index (κ1) is 21.7. The molecular formula is C19H18Cl2N6O3S. The van der Waals surface area contributed by atoms with Crippen molar-refractivity contribution in [2.45, 2.75) is 17.7 Å². The average molecular weight is 481 g/mol. The molecule has 2 aromatic heterocycles. The molecule has 1 aliphatic rings. The van der Waals surface area contributed by atoms with Crippen LogP contribution in [0.2, 0.25) is 10.0 Å². The highest BCUT2D eigenvalue weighted by molar-refractivity contribution is 7.89. The van der Waals surface area contributed by atoms with Crippen LogP contribution in [0.3, 0.4) is 0 Å². The van der Waals surface area contributed by atoms with Crippen molar-refractivity contribution >= 4 is 45.1 Å². The highest BCUT2D eigenvalue weighted by Crippen LogP contribution is 2.33. The lowest BCUT2D eigenvalue weighted by Crippen LogP contribution is -2.41. The molecule has 1 amide bonds. The largest absolute Gasteiger partial charge is 0.293 e. The molecule has 0 spiro atoms. The van der Waals surface area contributed by atoms with Crippen LogP contribution in [0.1, 0.15) is 12.8 Å². The van der Waals surface area contributed by atoms with Gasteiger partial charge in [0, 0.05) is 25.2 Å². The number of rotatable bonds is 5. The lowest BCUT2D eigenvalue weighted by Gasteiger charge is -2.30. The van der Waals surface area contributed by atoms with Crippen LogP contribution >= 0.6 is 23.2 Å². The second kappa shape index (κ2) is 8.91. The van der Waals surface area contributed by atoms with E-state index in [0.29, 0.717) is 24.4 Å². The van der Waals surface area contributed by atoms with Crippen LogP contribution in [0.4, 0.5) is 5.95 Å². The van der Waals surface area contributed by atoms with Gasteiger partial charge in [-0.05, 0) is 37.1 Å². The first-order valence-corrected chi connectivity index (χ1v) is 11.6. The number of H-pyrrole nitrogens is 1. The van der Waals surface area contributed by atoms with Crippen LogP contribution in [0, 0.1) is 5.92 Å². The Bertz CT molecular complexity index is 1170. The number of halogens is 2. The summed E-state index contributed by atoms with van der Waals surface area (Å²) in [6.45, 7) is 0.351. The molecule has 162 valence electrons. The number of hydrogen-bond acceptors (Lipinski definition) is 6. The molecule has 1 aromatic carbocycles. The summed E-state index contributed by atoms with van der Waals surface area (Å²) in [5, 5.41) is 9.55. The Labute approximate surface area is 188 Å². The van der Waals surface area contributed by atoms with Crippen molar-refractivity contribution in [1.82, 2.24) is 24.5 Å². The quantitative estimate of drug-likeness (QED) is 0.578. The maximum absolute atomic E-state index is 13.0. The summed E-state index contributed by atoms with van der Waals surface area (Å²) in [4.78, 5) is 20.9. The molecule has 0 bridgehead atoms. The molecule has 3 aromatic rings. The maximum Gasteiger partial charge on any atom is 0.249 e. The number of carbonyl (C=O) groups is 1. The van der Waals surface area contributed by atoms with E-state index in [0.717, 1.165) is 0 Å². The standard InChI is InChI=1S/C19H18Cl2N6O3S/c20-13-4-3-5-14(21)16(13)31(29,30)27-10-7-12(8-11-27)18(28)24-19-23-17(25-26-19)15-6-1-2-9-22-15/h1-6,9,12H,7-8,10-11H2,(H2,23,24,25,26,28). The molecular weight excluding hydrogens is 463 g/mol. The van der Waals surface area contributed by atoms with E-state index in [1.165, 1.54) is 16.4 Å². The van der Waals surface area contributed by atoms with Crippen molar-refractivity contribution < 1.29 is 13.2 Å². The molecule has 0 atom stereocenters. The number of hydrogen-bond donors (Lipinski definition) is 2. The summed E-state index contributed by atoms with van der Waals surface area (Å²) in [7, 11) is -3.86. The van der Waals surface area contributed by atoms with E-state index in [2.05, 4.69) is 25.5 Å².